The van der Waals surface area contributed by atoms with Gasteiger partial charge in [-0.2, -0.15) is 0 Å². The molecule has 3 N–H and O–H groups in total. The first-order valence-electron chi connectivity index (χ1n) is 7.62. The Labute approximate surface area is 125 Å². The fourth-order valence-corrected chi connectivity index (χ4v) is 2.69. The van der Waals surface area contributed by atoms with E-state index in [1.165, 1.54) is 0 Å². The van der Waals surface area contributed by atoms with E-state index in [-0.39, 0.29) is 24.6 Å². The van der Waals surface area contributed by atoms with Crippen molar-refractivity contribution in [3.63, 3.8) is 0 Å². The summed E-state index contributed by atoms with van der Waals surface area (Å²) in [5, 5.41) is 15.1. The Bertz CT molecular complexity index is 425. The predicted octanol–water partition coefficient (Wildman–Crippen LogP) is 1.92. The van der Waals surface area contributed by atoms with Gasteiger partial charge in [0.05, 0.1) is 6.54 Å². The van der Waals surface area contributed by atoms with E-state index in [0.29, 0.717) is 13.2 Å². The van der Waals surface area contributed by atoms with Gasteiger partial charge in [0.2, 0.25) is 0 Å². The summed E-state index contributed by atoms with van der Waals surface area (Å²) >= 11 is 0. The van der Waals surface area contributed by atoms with Gasteiger partial charge in [0.15, 0.2) is 0 Å². The largest absolute Gasteiger partial charge is 0.492 e. The number of rotatable bonds is 6. The number of hydrogen-bond acceptors (Lipinski definition) is 3. The van der Waals surface area contributed by atoms with E-state index in [1.807, 2.05) is 30.3 Å². The van der Waals surface area contributed by atoms with E-state index in [0.717, 1.165) is 31.4 Å². The van der Waals surface area contributed by atoms with Crippen LogP contribution < -0.4 is 15.4 Å². The lowest BCUT2D eigenvalue weighted by Crippen LogP contribution is -2.48. The molecule has 21 heavy (non-hydrogen) atoms. The highest BCUT2D eigenvalue weighted by atomic mass is 16.5. The average Bonchev–Trinajstić information content (AvgIpc) is 2.53. The molecule has 5 heteroatoms. The van der Waals surface area contributed by atoms with Crippen molar-refractivity contribution >= 4 is 6.03 Å². The van der Waals surface area contributed by atoms with Gasteiger partial charge < -0.3 is 20.5 Å². The van der Waals surface area contributed by atoms with Gasteiger partial charge in [-0.15, -0.1) is 0 Å². The van der Waals surface area contributed by atoms with Crippen LogP contribution in [-0.4, -0.2) is 36.9 Å². The first-order chi connectivity index (χ1) is 10.3. The van der Waals surface area contributed by atoms with Crippen LogP contribution in [0.25, 0.3) is 0 Å². The number of carbonyl (C=O) groups is 1. The predicted molar refractivity (Wildman–Crippen MR) is 81.3 cm³/mol. The Kier molecular flexibility index (Phi) is 6.34. The Balaban J connectivity index is 1.63. The molecule has 2 amide bonds. The SMILES string of the molecule is O=C(NCCOc1ccccc1)NC1CCCCC1CO. The molecule has 0 bridgehead atoms. The highest BCUT2D eigenvalue weighted by Gasteiger charge is 2.25. The van der Waals surface area contributed by atoms with Crippen molar-refractivity contribution in [1.82, 2.24) is 10.6 Å². The maximum Gasteiger partial charge on any atom is 0.315 e. The van der Waals surface area contributed by atoms with Gasteiger partial charge in [0, 0.05) is 18.6 Å². The molecule has 1 fully saturated rings. The van der Waals surface area contributed by atoms with E-state index < -0.39 is 0 Å². The Morgan fingerprint density at radius 2 is 2.00 bits per heavy atom. The zero-order chi connectivity index (χ0) is 14.9. The molecule has 1 aliphatic carbocycles. The number of aliphatic hydroxyl groups excluding tert-OH is 1. The smallest absolute Gasteiger partial charge is 0.315 e. The topological polar surface area (TPSA) is 70.6 Å². The summed E-state index contributed by atoms with van der Waals surface area (Å²) in [5.41, 5.74) is 0. The number of carbonyl (C=O) groups excluding carboxylic acids is 1. The van der Waals surface area contributed by atoms with Gasteiger partial charge >= 0.3 is 6.03 Å². The Hall–Kier alpha value is -1.75. The molecule has 0 aliphatic heterocycles. The summed E-state index contributed by atoms with van der Waals surface area (Å²) in [6.45, 7) is 1.03. The number of benzene rings is 1. The lowest BCUT2D eigenvalue weighted by Gasteiger charge is -2.30. The van der Waals surface area contributed by atoms with Gasteiger partial charge in [0.1, 0.15) is 12.4 Å². The number of para-hydroxylation sites is 1. The van der Waals surface area contributed by atoms with Crippen LogP contribution in [0.3, 0.4) is 0 Å². The zero-order valence-electron chi connectivity index (χ0n) is 12.3. The molecule has 116 valence electrons. The molecule has 0 spiro atoms. The van der Waals surface area contributed by atoms with Gasteiger partial charge in [0.25, 0.3) is 0 Å². The zero-order valence-corrected chi connectivity index (χ0v) is 12.3. The molecule has 1 saturated carbocycles. The van der Waals surface area contributed by atoms with Crippen molar-refractivity contribution in [1.29, 1.82) is 0 Å². The minimum Gasteiger partial charge on any atom is -0.492 e. The molecule has 1 aromatic carbocycles. The lowest BCUT2D eigenvalue weighted by atomic mass is 9.85. The molecule has 1 aromatic rings. The third-order valence-electron chi connectivity index (χ3n) is 3.86. The summed E-state index contributed by atoms with van der Waals surface area (Å²) in [6.07, 6.45) is 4.17. The number of urea groups is 1. The van der Waals surface area contributed by atoms with E-state index in [9.17, 15) is 9.90 Å². The number of hydrogen-bond donors (Lipinski definition) is 3. The van der Waals surface area contributed by atoms with Crippen LogP contribution in [0.15, 0.2) is 30.3 Å². The van der Waals surface area contributed by atoms with Crippen LogP contribution in [0.4, 0.5) is 4.79 Å². The van der Waals surface area contributed by atoms with Crippen molar-refractivity contribution in [2.75, 3.05) is 19.8 Å². The standard InChI is InChI=1S/C16H24N2O3/c19-12-13-6-4-5-9-15(13)18-16(20)17-10-11-21-14-7-2-1-3-8-14/h1-3,7-8,13,15,19H,4-6,9-12H2,(H2,17,18,20). The maximum atomic E-state index is 11.8. The highest BCUT2D eigenvalue weighted by Crippen LogP contribution is 2.23. The fraction of sp³-hybridized carbons (Fsp3) is 0.562. The number of amides is 2. The third kappa shape index (κ3) is 5.27. The van der Waals surface area contributed by atoms with Crippen molar-refractivity contribution in [3.8, 4) is 5.75 Å². The molecule has 2 rings (SSSR count). The maximum absolute atomic E-state index is 11.8. The quantitative estimate of drug-likeness (QED) is 0.702. The average molecular weight is 292 g/mol. The van der Waals surface area contributed by atoms with Crippen molar-refractivity contribution < 1.29 is 14.6 Å². The summed E-state index contributed by atoms with van der Waals surface area (Å²) in [7, 11) is 0. The van der Waals surface area contributed by atoms with Crippen LogP contribution in [0.2, 0.25) is 0 Å². The summed E-state index contributed by atoms with van der Waals surface area (Å²) < 4.78 is 5.51. The Morgan fingerprint density at radius 1 is 1.24 bits per heavy atom. The second-order valence-corrected chi connectivity index (χ2v) is 5.40. The molecule has 0 saturated heterocycles. The number of nitrogens with one attached hydrogen (secondary N) is 2. The van der Waals surface area contributed by atoms with Crippen LogP contribution >= 0.6 is 0 Å². The van der Waals surface area contributed by atoms with E-state index in [4.69, 9.17) is 4.74 Å². The summed E-state index contributed by atoms with van der Waals surface area (Å²) in [6, 6.07) is 9.42. The van der Waals surface area contributed by atoms with Gasteiger partial charge in [-0.05, 0) is 25.0 Å². The van der Waals surface area contributed by atoms with Crippen LogP contribution in [0, 0.1) is 5.92 Å². The monoisotopic (exact) mass is 292 g/mol. The van der Waals surface area contributed by atoms with Gasteiger partial charge in [-0.3, -0.25) is 0 Å². The number of ether oxygens (including phenoxy) is 1. The van der Waals surface area contributed by atoms with Crippen molar-refractivity contribution in [2.45, 2.75) is 31.7 Å². The van der Waals surface area contributed by atoms with Gasteiger partial charge in [-0.25, -0.2) is 4.79 Å². The molecule has 0 heterocycles. The first-order valence-corrected chi connectivity index (χ1v) is 7.62. The van der Waals surface area contributed by atoms with Crippen LogP contribution in [-0.2, 0) is 0 Å². The van der Waals surface area contributed by atoms with Crippen molar-refractivity contribution in [2.24, 2.45) is 5.92 Å². The summed E-state index contributed by atoms with van der Waals surface area (Å²) in [5.74, 6) is 0.984. The molecular weight excluding hydrogens is 268 g/mol. The molecule has 0 aromatic heterocycles. The van der Waals surface area contributed by atoms with Gasteiger partial charge in [-0.1, -0.05) is 31.0 Å². The van der Waals surface area contributed by atoms with E-state index in [1.54, 1.807) is 0 Å². The highest BCUT2D eigenvalue weighted by molar-refractivity contribution is 5.74. The lowest BCUT2D eigenvalue weighted by molar-refractivity contribution is 0.153. The first kappa shape index (κ1) is 15.6. The molecule has 2 atom stereocenters. The molecule has 0 radical (unpaired) electrons. The van der Waals surface area contributed by atoms with Crippen LogP contribution in [0.1, 0.15) is 25.7 Å². The molecule has 2 unspecified atom stereocenters. The second kappa shape index (κ2) is 8.52. The molecule has 5 nitrogen and oxygen atoms in total. The summed E-state index contributed by atoms with van der Waals surface area (Å²) in [4.78, 5) is 11.8. The number of aliphatic hydroxyl groups is 1. The van der Waals surface area contributed by atoms with Crippen molar-refractivity contribution in [3.05, 3.63) is 30.3 Å². The van der Waals surface area contributed by atoms with E-state index in [2.05, 4.69) is 10.6 Å². The Morgan fingerprint density at radius 3 is 2.76 bits per heavy atom. The molecular formula is C16H24N2O3. The van der Waals surface area contributed by atoms with Crippen LogP contribution in [0.5, 0.6) is 5.75 Å². The molecule has 1 aliphatic rings. The third-order valence-corrected chi connectivity index (χ3v) is 3.86. The van der Waals surface area contributed by atoms with E-state index >= 15 is 0 Å². The second-order valence-electron chi connectivity index (χ2n) is 5.40. The minimum atomic E-state index is -0.183. The fourth-order valence-electron chi connectivity index (χ4n) is 2.69. The normalized spacial score (nSPS) is 21.6. The minimum absolute atomic E-state index is 0.0822.